The number of allylic oxidation sites excluding steroid dienone is 2. The molecule has 28 heavy (non-hydrogen) atoms. The van der Waals surface area contributed by atoms with Gasteiger partial charge in [0.25, 0.3) is 0 Å². The smallest absolute Gasteiger partial charge is 0.328 e. The van der Waals surface area contributed by atoms with E-state index in [0.717, 1.165) is 54.8 Å². The van der Waals surface area contributed by atoms with Crippen molar-refractivity contribution in [1.29, 1.82) is 0 Å². The largest absolute Gasteiger partial charge is 0.497 e. The van der Waals surface area contributed by atoms with Crippen LogP contribution in [0.5, 0.6) is 5.75 Å². The van der Waals surface area contributed by atoms with Crippen LogP contribution in [-0.4, -0.2) is 23.2 Å². The maximum Gasteiger partial charge on any atom is 0.328 e. The molecule has 2 N–H and O–H groups in total. The lowest BCUT2D eigenvalue weighted by Gasteiger charge is -2.25. The molecular weight excluding hydrogens is 352 g/mol. The number of hydrogen-bond acceptors (Lipinski definition) is 4. The van der Waals surface area contributed by atoms with E-state index in [1.54, 1.807) is 19.4 Å². The highest BCUT2D eigenvalue weighted by atomic mass is 16.5. The molecular formula is C23H26N2O3. The van der Waals surface area contributed by atoms with E-state index in [1.165, 1.54) is 11.6 Å². The molecule has 1 heterocycles. The van der Waals surface area contributed by atoms with Crippen molar-refractivity contribution >= 4 is 11.8 Å². The number of pyridine rings is 1. The Hall–Kier alpha value is -3.08. The first-order valence-corrected chi connectivity index (χ1v) is 9.59. The summed E-state index contributed by atoms with van der Waals surface area (Å²) in [5.74, 6) is 0.719. The van der Waals surface area contributed by atoms with Crippen LogP contribution in [0.2, 0.25) is 0 Å². The zero-order chi connectivity index (χ0) is 19.8. The zero-order valence-electron chi connectivity index (χ0n) is 16.1. The number of carbonyl (C=O) groups is 1. The molecule has 1 atom stereocenters. The third-order valence-corrected chi connectivity index (χ3v) is 4.99. The summed E-state index contributed by atoms with van der Waals surface area (Å²) in [6, 6.07) is 13.9. The Morgan fingerprint density at radius 1 is 1.25 bits per heavy atom. The number of nitrogens with one attached hydrogen (secondary N) is 1. The average molecular weight is 378 g/mol. The molecule has 0 bridgehead atoms. The van der Waals surface area contributed by atoms with Crippen molar-refractivity contribution in [3.63, 3.8) is 0 Å². The van der Waals surface area contributed by atoms with Crippen molar-refractivity contribution in [2.45, 2.75) is 38.1 Å². The summed E-state index contributed by atoms with van der Waals surface area (Å²) in [7, 11) is 1.67. The van der Waals surface area contributed by atoms with Gasteiger partial charge in [0.2, 0.25) is 0 Å². The zero-order valence-corrected chi connectivity index (χ0v) is 16.1. The highest BCUT2D eigenvalue weighted by molar-refractivity contribution is 5.80. The summed E-state index contributed by atoms with van der Waals surface area (Å²) in [6.07, 6.45) is 9.72. The summed E-state index contributed by atoms with van der Waals surface area (Å²) >= 11 is 0. The quantitative estimate of drug-likeness (QED) is 0.622. The van der Waals surface area contributed by atoms with Crippen LogP contribution in [0, 0.1) is 0 Å². The lowest BCUT2D eigenvalue weighted by Crippen LogP contribution is -2.14. The number of anilines is 1. The van der Waals surface area contributed by atoms with Crippen LogP contribution in [0.15, 0.2) is 72.0 Å². The minimum atomic E-state index is -0.909. The molecule has 1 aliphatic carbocycles. The molecule has 1 unspecified atom stereocenters. The lowest BCUT2D eigenvalue weighted by molar-refractivity contribution is -0.131. The molecule has 5 nitrogen and oxygen atoms in total. The molecule has 0 saturated heterocycles. The number of ether oxygens (including phenoxy) is 1. The molecule has 0 aliphatic heterocycles. The van der Waals surface area contributed by atoms with Gasteiger partial charge in [-0.1, -0.05) is 29.8 Å². The molecule has 0 amide bonds. The standard InChI is InChI=1S/C23H26N2O3/c1-28-20-10-6-9-19(15-20)21(25-22-11-4-5-14-24-22)16-18-8-3-2-7-17(18)12-13-23(26)27/h4-6,9-15,21H,2-3,7-8,16H2,1H3,(H,24,25)(H,26,27)/b13-12+. The minimum Gasteiger partial charge on any atom is -0.497 e. The van der Waals surface area contributed by atoms with Crippen molar-refractivity contribution < 1.29 is 14.6 Å². The van der Waals surface area contributed by atoms with E-state index in [1.807, 2.05) is 36.4 Å². The maximum atomic E-state index is 11.0. The predicted octanol–water partition coefficient (Wildman–Crippen LogP) is 5.14. The first-order chi connectivity index (χ1) is 13.7. The van der Waals surface area contributed by atoms with Crippen molar-refractivity contribution in [2.24, 2.45) is 0 Å². The molecule has 0 fully saturated rings. The Bertz CT molecular complexity index is 859. The van der Waals surface area contributed by atoms with E-state index < -0.39 is 5.97 Å². The Labute approximate surface area is 165 Å². The summed E-state index contributed by atoms with van der Waals surface area (Å²) in [6.45, 7) is 0. The monoisotopic (exact) mass is 378 g/mol. The van der Waals surface area contributed by atoms with Gasteiger partial charge in [0.1, 0.15) is 11.6 Å². The van der Waals surface area contributed by atoms with Crippen molar-refractivity contribution in [1.82, 2.24) is 4.98 Å². The fourth-order valence-corrected chi connectivity index (χ4v) is 3.58. The van der Waals surface area contributed by atoms with Crippen LogP contribution in [0.1, 0.15) is 43.7 Å². The van der Waals surface area contributed by atoms with Crippen LogP contribution < -0.4 is 10.1 Å². The molecule has 0 radical (unpaired) electrons. The number of aromatic nitrogens is 1. The number of hydrogen-bond donors (Lipinski definition) is 2. The highest BCUT2D eigenvalue weighted by Crippen LogP contribution is 2.34. The lowest BCUT2D eigenvalue weighted by atomic mass is 9.86. The number of aliphatic carboxylic acids is 1. The van der Waals surface area contributed by atoms with Crippen LogP contribution in [0.4, 0.5) is 5.82 Å². The van der Waals surface area contributed by atoms with E-state index in [9.17, 15) is 4.79 Å². The fraction of sp³-hybridized carbons (Fsp3) is 0.304. The summed E-state index contributed by atoms with van der Waals surface area (Å²) in [5, 5.41) is 12.5. The van der Waals surface area contributed by atoms with Gasteiger partial charge in [0.15, 0.2) is 0 Å². The molecule has 0 spiro atoms. The van der Waals surface area contributed by atoms with Crippen molar-refractivity contribution in [2.75, 3.05) is 12.4 Å². The molecule has 1 aromatic carbocycles. The third kappa shape index (κ3) is 5.46. The van der Waals surface area contributed by atoms with Crippen LogP contribution >= 0.6 is 0 Å². The van der Waals surface area contributed by atoms with Crippen LogP contribution in [0.3, 0.4) is 0 Å². The molecule has 5 heteroatoms. The van der Waals surface area contributed by atoms with E-state index in [0.29, 0.717) is 0 Å². The van der Waals surface area contributed by atoms with Gasteiger partial charge in [-0.05, 0) is 67.5 Å². The Balaban J connectivity index is 1.92. The second kappa shape index (κ2) is 9.74. The fourth-order valence-electron chi connectivity index (χ4n) is 3.58. The minimum absolute atomic E-state index is 0.0197. The van der Waals surface area contributed by atoms with E-state index >= 15 is 0 Å². The van der Waals surface area contributed by atoms with Crippen molar-refractivity contribution in [3.8, 4) is 5.75 Å². The number of methoxy groups -OCH3 is 1. The van der Waals surface area contributed by atoms with E-state index in [-0.39, 0.29) is 6.04 Å². The second-order valence-corrected chi connectivity index (χ2v) is 6.90. The highest BCUT2D eigenvalue weighted by Gasteiger charge is 2.19. The first kappa shape index (κ1) is 19.7. The maximum absolute atomic E-state index is 11.0. The number of nitrogens with zero attached hydrogens (tertiary/aromatic N) is 1. The van der Waals surface area contributed by atoms with Gasteiger partial charge < -0.3 is 15.2 Å². The van der Waals surface area contributed by atoms with Crippen LogP contribution in [0.25, 0.3) is 0 Å². The third-order valence-electron chi connectivity index (χ3n) is 4.99. The summed E-state index contributed by atoms with van der Waals surface area (Å²) < 4.78 is 5.40. The van der Waals surface area contributed by atoms with Gasteiger partial charge in [-0.3, -0.25) is 0 Å². The first-order valence-electron chi connectivity index (χ1n) is 9.59. The number of rotatable bonds is 8. The van der Waals surface area contributed by atoms with Gasteiger partial charge in [0.05, 0.1) is 13.2 Å². The molecule has 3 rings (SSSR count). The Morgan fingerprint density at radius 3 is 2.86 bits per heavy atom. The SMILES string of the molecule is COc1cccc(C(CC2=C(/C=C/C(=O)O)CCCC2)Nc2ccccn2)c1. The van der Waals surface area contributed by atoms with Gasteiger partial charge in [-0.2, -0.15) is 0 Å². The number of carboxylic acid groups (broad SMARTS) is 1. The number of carboxylic acids is 1. The molecule has 1 aromatic heterocycles. The predicted molar refractivity (Wildman–Crippen MR) is 110 cm³/mol. The average Bonchev–Trinajstić information content (AvgIpc) is 2.73. The van der Waals surface area contributed by atoms with E-state index in [4.69, 9.17) is 9.84 Å². The molecule has 2 aromatic rings. The molecule has 0 saturated carbocycles. The topological polar surface area (TPSA) is 71.5 Å². The van der Waals surface area contributed by atoms with Gasteiger partial charge in [0, 0.05) is 12.3 Å². The van der Waals surface area contributed by atoms with Gasteiger partial charge >= 0.3 is 5.97 Å². The Kier molecular flexibility index (Phi) is 6.84. The van der Waals surface area contributed by atoms with Gasteiger partial charge in [-0.25, -0.2) is 9.78 Å². The van der Waals surface area contributed by atoms with Crippen LogP contribution in [-0.2, 0) is 4.79 Å². The summed E-state index contributed by atoms with van der Waals surface area (Å²) in [5.41, 5.74) is 3.56. The molecule has 1 aliphatic rings. The normalized spacial score (nSPS) is 15.5. The Morgan fingerprint density at radius 2 is 2.11 bits per heavy atom. The number of benzene rings is 1. The van der Waals surface area contributed by atoms with Crippen molar-refractivity contribution in [3.05, 3.63) is 77.5 Å². The second-order valence-electron chi connectivity index (χ2n) is 6.90. The van der Waals surface area contributed by atoms with E-state index in [2.05, 4.69) is 16.4 Å². The molecule has 146 valence electrons. The van der Waals surface area contributed by atoms with Gasteiger partial charge in [-0.15, -0.1) is 0 Å². The summed E-state index contributed by atoms with van der Waals surface area (Å²) in [4.78, 5) is 15.4.